The summed E-state index contributed by atoms with van der Waals surface area (Å²) in [6.45, 7) is 0.281. The second kappa shape index (κ2) is 7.49. The van der Waals surface area contributed by atoms with E-state index in [0.29, 0.717) is 6.42 Å². The summed E-state index contributed by atoms with van der Waals surface area (Å²) in [6, 6.07) is 17.6. The molecule has 0 bridgehead atoms. The number of benzene rings is 2. The molecule has 0 radical (unpaired) electrons. The molecule has 4 nitrogen and oxygen atoms in total. The van der Waals surface area contributed by atoms with E-state index >= 15 is 0 Å². The first kappa shape index (κ1) is 16.5. The number of aliphatic hydroxyl groups excluding tert-OH is 1. The van der Waals surface area contributed by atoms with Gasteiger partial charge in [0.15, 0.2) is 0 Å². The summed E-state index contributed by atoms with van der Waals surface area (Å²) in [5.74, 6) is 1.04. The Morgan fingerprint density at radius 3 is 2.67 bits per heavy atom. The highest BCUT2D eigenvalue weighted by Crippen LogP contribution is 2.50. The number of amides is 1. The fourth-order valence-corrected chi connectivity index (χ4v) is 3.11. The first-order chi connectivity index (χ1) is 11.7. The van der Waals surface area contributed by atoms with Crippen LogP contribution in [0.15, 0.2) is 54.6 Å². The maximum absolute atomic E-state index is 12.3. The summed E-state index contributed by atoms with van der Waals surface area (Å²) in [5, 5.41) is 13.0. The fourth-order valence-electron chi connectivity index (χ4n) is 3.11. The molecule has 2 aromatic carbocycles. The molecule has 3 rings (SSSR count). The van der Waals surface area contributed by atoms with Crippen LogP contribution in [-0.2, 0) is 11.2 Å². The van der Waals surface area contributed by atoms with E-state index in [0.717, 1.165) is 23.3 Å². The van der Waals surface area contributed by atoms with Crippen LogP contribution in [0.1, 0.15) is 23.5 Å². The number of carbonyl (C=O) groups is 1. The van der Waals surface area contributed by atoms with Gasteiger partial charge in [0.25, 0.3) is 0 Å². The van der Waals surface area contributed by atoms with E-state index in [9.17, 15) is 9.90 Å². The number of hydrogen-bond acceptors (Lipinski definition) is 3. The van der Waals surface area contributed by atoms with Crippen molar-refractivity contribution in [3.63, 3.8) is 0 Å². The molecule has 4 heteroatoms. The predicted molar refractivity (Wildman–Crippen MR) is 93.0 cm³/mol. The fraction of sp³-hybridized carbons (Fsp3) is 0.350. The second-order valence-corrected chi connectivity index (χ2v) is 6.28. The van der Waals surface area contributed by atoms with Crippen molar-refractivity contribution in [2.75, 3.05) is 13.7 Å². The number of aliphatic hydroxyl groups is 1. The molecule has 0 heterocycles. The van der Waals surface area contributed by atoms with E-state index in [1.807, 2.05) is 54.6 Å². The Bertz CT molecular complexity index is 686. The highest BCUT2D eigenvalue weighted by atomic mass is 16.5. The summed E-state index contributed by atoms with van der Waals surface area (Å²) in [4.78, 5) is 12.3. The molecule has 1 saturated carbocycles. The van der Waals surface area contributed by atoms with Gasteiger partial charge in [-0.1, -0.05) is 48.5 Å². The summed E-state index contributed by atoms with van der Waals surface area (Å²) in [7, 11) is 1.65. The third-order valence-corrected chi connectivity index (χ3v) is 4.49. The van der Waals surface area contributed by atoms with E-state index in [1.54, 1.807) is 7.11 Å². The van der Waals surface area contributed by atoms with Gasteiger partial charge in [0.2, 0.25) is 5.91 Å². The van der Waals surface area contributed by atoms with E-state index in [4.69, 9.17) is 4.74 Å². The zero-order chi connectivity index (χ0) is 16.9. The molecule has 0 aliphatic heterocycles. The normalized spacial score (nSPS) is 20.2. The summed E-state index contributed by atoms with van der Waals surface area (Å²) < 4.78 is 5.37. The molecular formula is C20H23NO3. The van der Waals surface area contributed by atoms with Gasteiger partial charge in [-0.2, -0.15) is 0 Å². The van der Waals surface area contributed by atoms with Gasteiger partial charge in [0, 0.05) is 18.9 Å². The van der Waals surface area contributed by atoms with Crippen molar-refractivity contribution in [1.29, 1.82) is 0 Å². The summed E-state index contributed by atoms with van der Waals surface area (Å²) >= 11 is 0. The van der Waals surface area contributed by atoms with Gasteiger partial charge in [-0.25, -0.2) is 0 Å². The Hall–Kier alpha value is -2.33. The van der Waals surface area contributed by atoms with Gasteiger partial charge >= 0.3 is 0 Å². The van der Waals surface area contributed by atoms with Gasteiger partial charge in [0.1, 0.15) is 5.75 Å². The first-order valence-corrected chi connectivity index (χ1v) is 8.31. The topological polar surface area (TPSA) is 58.6 Å². The number of ether oxygens (including phenoxy) is 1. The van der Waals surface area contributed by atoms with Crippen LogP contribution in [0.2, 0.25) is 0 Å². The lowest BCUT2D eigenvalue weighted by Crippen LogP contribution is -2.34. The lowest BCUT2D eigenvalue weighted by molar-refractivity contribution is -0.122. The smallest absolute Gasteiger partial charge is 0.223 e. The molecule has 126 valence electrons. The van der Waals surface area contributed by atoms with Gasteiger partial charge in [-0.3, -0.25) is 4.79 Å². The van der Waals surface area contributed by atoms with Crippen molar-refractivity contribution >= 4 is 5.91 Å². The Balaban J connectivity index is 1.48. The van der Waals surface area contributed by atoms with Crippen molar-refractivity contribution in [2.45, 2.75) is 24.9 Å². The molecule has 0 aromatic heterocycles. The van der Waals surface area contributed by atoms with E-state index in [-0.39, 0.29) is 24.3 Å². The van der Waals surface area contributed by atoms with Gasteiger partial charge in [0.05, 0.1) is 13.2 Å². The van der Waals surface area contributed by atoms with Gasteiger partial charge in [-0.05, 0) is 29.5 Å². The number of rotatable bonds is 7. The minimum atomic E-state index is -0.570. The van der Waals surface area contributed by atoms with Crippen LogP contribution in [0, 0.1) is 5.92 Å². The zero-order valence-electron chi connectivity index (χ0n) is 13.8. The first-order valence-electron chi connectivity index (χ1n) is 8.31. The second-order valence-electron chi connectivity index (χ2n) is 6.28. The number of carbonyl (C=O) groups excluding carboxylic acids is 1. The molecule has 1 aliphatic rings. The Labute approximate surface area is 142 Å². The summed E-state index contributed by atoms with van der Waals surface area (Å²) in [5.41, 5.74) is 2.16. The van der Waals surface area contributed by atoms with Crippen LogP contribution >= 0.6 is 0 Å². The molecule has 2 N–H and O–H groups in total. The third-order valence-electron chi connectivity index (χ3n) is 4.49. The number of para-hydroxylation sites is 1. The van der Waals surface area contributed by atoms with Crippen LogP contribution in [0.5, 0.6) is 5.75 Å². The molecule has 0 spiro atoms. The van der Waals surface area contributed by atoms with Crippen LogP contribution in [0.4, 0.5) is 0 Å². The van der Waals surface area contributed by atoms with Crippen LogP contribution < -0.4 is 10.1 Å². The maximum atomic E-state index is 12.3. The van der Waals surface area contributed by atoms with Gasteiger partial charge in [-0.15, -0.1) is 0 Å². The van der Waals surface area contributed by atoms with E-state index in [1.165, 1.54) is 0 Å². The number of hydrogen-bond donors (Lipinski definition) is 2. The average Bonchev–Trinajstić information content (AvgIpc) is 3.41. The minimum Gasteiger partial charge on any atom is -0.496 e. The molecule has 1 amide bonds. The minimum absolute atomic E-state index is 0.0121. The molecular weight excluding hydrogens is 302 g/mol. The SMILES string of the molecule is COc1ccccc1C1CC1C(=O)NCC(O)Cc1ccccc1. The number of methoxy groups -OCH3 is 1. The monoisotopic (exact) mass is 325 g/mol. The lowest BCUT2D eigenvalue weighted by Gasteiger charge is -2.12. The Morgan fingerprint density at radius 1 is 1.21 bits per heavy atom. The highest BCUT2D eigenvalue weighted by Gasteiger charge is 2.45. The van der Waals surface area contributed by atoms with Crippen LogP contribution in [0.3, 0.4) is 0 Å². The highest BCUT2D eigenvalue weighted by molar-refractivity contribution is 5.83. The average molecular weight is 325 g/mol. The van der Waals surface area contributed by atoms with Crippen molar-refractivity contribution in [3.8, 4) is 5.75 Å². The van der Waals surface area contributed by atoms with Gasteiger partial charge < -0.3 is 15.2 Å². The van der Waals surface area contributed by atoms with E-state index < -0.39 is 6.10 Å². The van der Waals surface area contributed by atoms with Crippen molar-refractivity contribution in [1.82, 2.24) is 5.32 Å². The standard InChI is InChI=1S/C20H23NO3/c1-24-19-10-6-5-9-16(19)17-12-18(17)20(23)21-13-15(22)11-14-7-3-2-4-8-14/h2-10,15,17-18,22H,11-13H2,1H3,(H,21,23). The number of nitrogens with one attached hydrogen (secondary N) is 1. The summed E-state index contributed by atoms with van der Waals surface area (Å²) in [6.07, 6.45) is 0.808. The molecule has 2 aromatic rings. The van der Waals surface area contributed by atoms with E-state index in [2.05, 4.69) is 5.32 Å². The molecule has 0 saturated heterocycles. The quantitative estimate of drug-likeness (QED) is 0.822. The molecule has 24 heavy (non-hydrogen) atoms. The van der Waals surface area contributed by atoms with Crippen LogP contribution in [0.25, 0.3) is 0 Å². The molecule has 1 aliphatic carbocycles. The maximum Gasteiger partial charge on any atom is 0.223 e. The predicted octanol–water partition coefficient (Wildman–Crippen LogP) is 2.52. The molecule has 1 fully saturated rings. The van der Waals surface area contributed by atoms with Crippen molar-refractivity contribution in [3.05, 3.63) is 65.7 Å². The largest absolute Gasteiger partial charge is 0.496 e. The Morgan fingerprint density at radius 2 is 1.92 bits per heavy atom. The van der Waals surface area contributed by atoms with Crippen molar-refractivity contribution in [2.24, 2.45) is 5.92 Å². The third kappa shape index (κ3) is 3.95. The van der Waals surface area contributed by atoms with Crippen LogP contribution in [-0.4, -0.2) is 30.8 Å². The lowest BCUT2D eigenvalue weighted by atomic mass is 10.1. The Kier molecular flexibility index (Phi) is 5.16. The molecule has 3 atom stereocenters. The van der Waals surface area contributed by atoms with Crippen molar-refractivity contribution < 1.29 is 14.6 Å². The molecule has 3 unspecified atom stereocenters. The zero-order valence-corrected chi connectivity index (χ0v) is 13.8.